The zero-order chi connectivity index (χ0) is 19.1. The molecule has 0 saturated carbocycles. The quantitative estimate of drug-likeness (QED) is 0.521. The fourth-order valence-electron chi connectivity index (χ4n) is 2.58. The van der Waals surface area contributed by atoms with Crippen LogP contribution in [-0.2, 0) is 0 Å². The Balaban J connectivity index is 1.74. The number of amides is 1. The summed E-state index contributed by atoms with van der Waals surface area (Å²) in [4.78, 5) is 12.4. The van der Waals surface area contributed by atoms with Crippen molar-refractivity contribution in [2.45, 2.75) is 13.3 Å². The van der Waals surface area contributed by atoms with E-state index >= 15 is 0 Å². The number of carbonyl (C=O) groups is 1. The maximum Gasteiger partial charge on any atom is 0.253 e. The maximum atomic E-state index is 12.4. The van der Waals surface area contributed by atoms with E-state index in [0.29, 0.717) is 23.5 Å². The van der Waals surface area contributed by atoms with Gasteiger partial charge in [0, 0.05) is 17.9 Å². The Morgan fingerprint density at radius 1 is 0.963 bits per heavy atom. The summed E-state index contributed by atoms with van der Waals surface area (Å²) in [6, 6.07) is 22.4. The first-order chi connectivity index (χ1) is 13.2. The van der Waals surface area contributed by atoms with Crippen molar-refractivity contribution in [1.82, 2.24) is 5.32 Å². The number of nitrogens with one attached hydrogen (secondary N) is 2. The molecule has 0 saturated heterocycles. The second kappa shape index (κ2) is 8.76. The van der Waals surface area contributed by atoms with Crippen LogP contribution in [0.2, 0.25) is 0 Å². The van der Waals surface area contributed by atoms with E-state index < -0.39 is 0 Å². The van der Waals surface area contributed by atoms with Gasteiger partial charge in [-0.3, -0.25) is 4.79 Å². The van der Waals surface area contributed by atoms with Gasteiger partial charge in [-0.15, -0.1) is 0 Å². The Kier molecular flexibility index (Phi) is 5.94. The third-order valence-corrected chi connectivity index (χ3v) is 3.94. The van der Waals surface area contributed by atoms with Crippen LogP contribution in [0.3, 0.4) is 0 Å². The number of anilines is 3. The molecule has 0 aliphatic heterocycles. The summed E-state index contributed by atoms with van der Waals surface area (Å²) in [5, 5.41) is 6.16. The molecule has 0 heterocycles. The fourth-order valence-corrected chi connectivity index (χ4v) is 2.58. The van der Waals surface area contributed by atoms with E-state index in [0.717, 1.165) is 23.6 Å². The summed E-state index contributed by atoms with van der Waals surface area (Å²) in [6.07, 6.45) is 0.875. The second-order valence-electron chi connectivity index (χ2n) is 6.13. The number of para-hydroxylation sites is 1. The molecule has 3 aromatic rings. The number of ether oxygens (including phenoxy) is 1. The molecule has 0 bridgehead atoms. The average Bonchev–Trinajstić information content (AvgIpc) is 2.69. The minimum atomic E-state index is -0.143. The van der Waals surface area contributed by atoms with Gasteiger partial charge in [-0.05, 0) is 61.0 Å². The first-order valence-corrected chi connectivity index (χ1v) is 8.93. The van der Waals surface area contributed by atoms with Crippen molar-refractivity contribution in [2.75, 3.05) is 17.6 Å². The Hall–Kier alpha value is -3.47. The van der Waals surface area contributed by atoms with E-state index in [1.807, 2.05) is 67.6 Å². The van der Waals surface area contributed by atoms with Crippen molar-refractivity contribution in [3.63, 3.8) is 0 Å². The highest BCUT2D eigenvalue weighted by atomic mass is 16.5. The highest BCUT2D eigenvalue weighted by Crippen LogP contribution is 2.26. The molecule has 0 aromatic heterocycles. The lowest BCUT2D eigenvalue weighted by molar-refractivity contribution is 0.0954. The van der Waals surface area contributed by atoms with Crippen molar-refractivity contribution < 1.29 is 9.53 Å². The third-order valence-electron chi connectivity index (χ3n) is 3.94. The number of hydrogen-bond donors (Lipinski definition) is 3. The molecule has 0 aliphatic carbocycles. The Morgan fingerprint density at radius 2 is 1.67 bits per heavy atom. The Labute approximate surface area is 159 Å². The van der Waals surface area contributed by atoms with Crippen LogP contribution in [0.15, 0.2) is 72.8 Å². The molecule has 0 unspecified atom stereocenters. The molecule has 4 N–H and O–H groups in total. The molecule has 138 valence electrons. The molecule has 1 amide bonds. The maximum absolute atomic E-state index is 12.4. The van der Waals surface area contributed by atoms with Gasteiger partial charge < -0.3 is 21.1 Å². The van der Waals surface area contributed by atoms with E-state index in [2.05, 4.69) is 10.6 Å². The van der Waals surface area contributed by atoms with Crippen molar-refractivity contribution >= 4 is 23.0 Å². The average molecular weight is 361 g/mol. The molecule has 0 atom stereocenters. The molecule has 5 heteroatoms. The van der Waals surface area contributed by atoms with Crippen LogP contribution in [0.1, 0.15) is 23.7 Å². The summed E-state index contributed by atoms with van der Waals surface area (Å²) in [5.41, 5.74) is 8.48. The standard InChI is InChI=1S/C22H23N3O2/c1-2-14-24-22(26)20-15-16(23)8-13-21(20)25-17-9-11-19(12-10-17)27-18-6-4-3-5-7-18/h3-13,15,25H,2,14,23H2,1H3,(H,24,26). The molecular weight excluding hydrogens is 338 g/mol. The molecule has 0 spiro atoms. The number of hydrogen-bond acceptors (Lipinski definition) is 4. The van der Waals surface area contributed by atoms with Gasteiger partial charge in [0.05, 0.1) is 11.3 Å². The van der Waals surface area contributed by atoms with Gasteiger partial charge >= 0.3 is 0 Å². The molecule has 0 radical (unpaired) electrons. The van der Waals surface area contributed by atoms with Gasteiger partial charge in [0.1, 0.15) is 11.5 Å². The van der Waals surface area contributed by atoms with E-state index in [-0.39, 0.29) is 5.91 Å². The number of nitrogen functional groups attached to an aromatic ring is 1. The normalized spacial score (nSPS) is 10.3. The van der Waals surface area contributed by atoms with Crippen LogP contribution in [0, 0.1) is 0 Å². The summed E-state index contributed by atoms with van der Waals surface area (Å²) >= 11 is 0. The molecule has 27 heavy (non-hydrogen) atoms. The van der Waals surface area contributed by atoms with E-state index in [4.69, 9.17) is 10.5 Å². The molecule has 0 fully saturated rings. The van der Waals surface area contributed by atoms with Crippen molar-refractivity contribution in [1.29, 1.82) is 0 Å². The summed E-state index contributed by atoms with van der Waals surface area (Å²) < 4.78 is 5.80. The topological polar surface area (TPSA) is 76.4 Å². The number of carbonyl (C=O) groups excluding carboxylic acids is 1. The highest BCUT2D eigenvalue weighted by Gasteiger charge is 2.12. The van der Waals surface area contributed by atoms with E-state index in [9.17, 15) is 4.79 Å². The minimum Gasteiger partial charge on any atom is -0.457 e. The van der Waals surface area contributed by atoms with E-state index in [1.54, 1.807) is 12.1 Å². The molecular formula is C22H23N3O2. The number of nitrogens with two attached hydrogens (primary N) is 1. The van der Waals surface area contributed by atoms with Crippen molar-refractivity contribution in [3.05, 3.63) is 78.4 Å². The van der Waals surface area contributed by atoms with Crippen molar-refractivity contribution in [2.24, 2.45) is 0 Å². The van der Waals surface area contributed by atoms with Gasteiger partial charge in [-0.2, -0.15) is 0 Å². The Morgan fingerprint density at radius 3 is 2.37 bits per heavy atom. The van der Waals surface area contributed by atoms with Crippen LogP contribution >= 0.6 is 0 Å². The lowest BCUT2D eigenvalue weighted by atomic mass is 10.1. The van der Waals surface area contributed by atoms with Crippen LogP contribution in [0.5, 0.6) is 11.5 Å². The Bertz CT molecular complexity index is 893. The first-order valence-electron chi connectivity index (χ1n) is 8.93. The van der Waals surface area contributed by atoms with E-state index in [1.165, 1.54) is 0 Å². The first kappa shape index (κ1) is 18.3. The molecule has 5 nitrogen and oxygen atoms in total. The smallest absolute Gasteiger partial charge is 0.253 e. The molecule has 3 aromatic carbocycles. The zero-order valence-corrected chi connectivity index (χ0v) is 15.2. The second-order valence-corrected chi connectivity index (χ2v) is 6.13. The summed E-state index contributed by atoms with van der Waals surface area (Å²) in [6.45, 7) is 2.64. The zero-order valence-electron chi connectivity index (χ0n) is 15.2. The fraction of sp³-hybridized carbons (Fsp3) is 0.136. The van der Waals surface area contributed by atoms with Gasteiger partial charge in [0.2, 0.25) is 0 Å². The van der Waals surface area contributed by atoms with Gasteiger partial charge in [-0.25, -0.2) is 0 Å². The predicted molar refractivity (Wildman–Crippen MR) is 110 cm³/mol. The number of rotatable bonds is 7. The van der Waals surface area contributed by atoms with Crippen LogP contribution in [0.25, 0.3) is 0 Å². The summed E-state index contributed by atoms with van der Waals surface area (Å²) in [5.74, 6) is 1.38. The van der Waals surface area contributed by atoms with Gasteiger partial charge in [0.15, 0.2) is 0 Å². The lowest BCUT2D eigenvalue weighted by Crippen LogP contribution is -2.24. The molecule has 0 aliphatic rings. The van der Waals surface area contributed by atoms with Gasteiger partial charge in [-0.1, -0.05) is 25.1 Å². The minimum absolute atomic E-state index is 0.143. The summed E-state index contributed by atoms with van der Waals surface area (Å²) in [7, 11) is 0. The van der Waals surface area contributed by atoms with Gasteiger partial charge in [0.25, 0.3) is 5.91 Å². The van der Waals surface area contributed by atoms with Crippen LogP contribution < -0.4 is 21.1 Å². The SMILES string of the molecule is CCCNC(=O)c1cc(N)ccc1Nc1ccc(Oc2ccccc2)cc1. The third kappa shape index (κ3) is 5.01. The number of benzene rings is 3. The highest BCUT2D eigenvalue weighted by molar-refractivity contribution is 6.01. The van der Waals surface area contributed by atoms with Crippen molar-refractivity contribution in [3.8, 4) is 11.5 Å². The van der Waals surface area contributed by atoms with Crippen LogP contribution in [-0.4, -0.2) is 12.5 Å². The molecule has 3 rings (SSSR count). The monoisotopic (exact) mass is 361 g/mol. The predicted octanol–water partition coefficient (Wildman–Crippen LogP) is 4.94. The lowest BCUT2D eigenvalue weighted by Gasteiger charge is -2.13. The van der Waals surface area contributed by atoms with Crippen LogP contribution in [0.4, 0.5) is 17.1 Å². The largest absolute Gasteiger partial charge is 0.457 e.